The van der Waals surface area contributed by atoms with Crippen molar-refractivity contribution in [1.82, 2.24) is 9.78 Å². The second kappa shape index (κ2) is 9.30. The highest BCUT2D eigenvalue weighted by molar-refractivity contribution is 6.03. The molecule has 0 radical (unpaired) electrons. The summed E-state index contributed by atoms with van der Waals surface area (Å²) in [5.41, 5.74) is 0.0708. The lowest BCUT2D eigenvalue weighted by Crippen LogP contribution is -2.32. The van der Waals surface area contributed by atoms with Crippen LogP contribution < -0.4 is 10.9 Å². The number of hydrogen-bond donors (Lipinski definition) is 1. The molecule has 1 aromatic heterocycles. The van der Waals surface area contributed by atoms with Crippen molar-refractivity contribution in [3.63, 3.8) is 0 Å². The maximum Gasteiger partial charge on any atom is 0.360 e. The number of carbonyl (C=O) groups is 2. The first-order chi connectivity index (χ1) is 14.4. The van der Waals surface area contributed by atoms with E-state index in [4.69, 9.17) is 4.74 Å². The first-order valence-electron chi connectivity index (χ1n) is 9.68. The molecule has 0 aliphatic rings. The molecule has 3 aromatic rings. The largest absolute Gasteiger partial charge is 0.448 e. The number of halogens is 1. The van der Waals surface area contributed by atoms with Crippen LogP contribution in [0.2, 0.25) is 0 Å². The van der Waals surface area contributed by atoms with Crippen LogP contribution in [0.3, 0.4) is 0 Å². The van der Waals surface area contributed by atoms with Crippen LogP contribution in [-0.4, -0.2) is 27.8 Å². The average Bonchev–Trinajstić information content (AvgIpc) is 2.75. The molecule has 0 bridgehead atoms. The van der Waals surface area contributed by atoms with E-state index in [-0.39, 0.29) is 11.3 Å². The van der Waals surface area contributed by atoms with E-state index in [1.54, 1.807) is 24.3 Å². The van der Waals surface area contributed by atoms with E-state index in [9.17, 15) is 18.8 Å². The smallest absolute Gasteiger partial charge is 0.360 e. The topological polar surface area (TPSA) is 90.3 Å². The highest BCUT2D eigenvalue weighted by atomic mass is 19.1. The van der Waals surface area contributed by atoms with Crippen LogP contribution in [0.5, 0.6) is 0 Å². The number of amides is 1. The Bertz CT molecular complexity index is 1130. The fourth-order valence-corrected chi connectivity index (χ4v) is 2.89. The van der Waals surface area contributed by atoms with Gasteiger partial charge in [-0.05, 0) is 43.7 Å². The van der Waals surface area contributed by atoms with E-state index >= 15 is 0 Å². The Balaban J connectivity index is 1.83. The Morgan fingerprint density at radius 1 is 1.13 bits per heavy atom. The van der Waals surface area contributed by atoms with Gasteiger partial charge in [-0.15, -0.1) is 0 Å². The highest BCUT2D eigenvalue weighted by Crippen LogP contribution is 2.16. The van der Waals surface area contributed by atoms with Crippen LogP contribution >= 0.6 is 0 Å². The summed E-state index contributed by atoms with van der Waals surface area (Å²) in [5, 5.41) is 7.48. The third kappa shape index (κ3) is 4.71. The van der Waals surface area contributed by atoms with E-state index in [0.717, 1.165) is 12.8 Å². The number of nitrogens with one attached hydrogen (secondary N) is 1. The zero-order chi connectivity index (χ0) is 21.7. The molecule has 156 valence electrons. The number of ether oxygens (including phenoxy) is 1. The van der Waals surface area contributed by atoms with E-state index in [1.165, 1.54) is 35.9 Å². The van der Waals surface area contributed by atoms with Crippen LogP contribution in [-0.2, 0) is 16.1 Å². The lowest BCUT2D eigenvalue weighted by molar-refractivity contribution is -0.123. The van der Waals surface area contributed by atoms with Gasteiger partial charge >= 0.3 is 5.97 Å². The zero-order valence-corrected chi connectivity index (χ0v) is 16.7. The molecule has 1 heterocycles. The number of rotatable bonds is 7. The SMILES string of the molecule is CCCCn1nc(C(=O)O[C@@H](C)C(=O)Nc2ccc(F)cc2)c2ccccc2c1=O. The van der Waals surface area contributed by atoms with Gasteiger partial charge in [0.2, 0.25) is 0 Å². The van der Waals surface area contributed by atoms with Gasteiger partial charge in [-0.25, -0.2) is 13.9 Å². The van der Waals surface area contributed by atoms with Gasteiger partial charge in [0.25, 0.3) is 11.5 Å². The first-order valence-corrected chi connectivity index (χ1v) is 9.68. The third-order valence-electron chi connectivity index (χ3n) is 4.55. The van der Waals surface area contributed by atoms with Crippen LogP contribution in [0.4, 0.5) is 10.1 Å². The fourth-order valence-electron chi connectivity index (χ4n) is 2.89. The minimum atomic E-state index is -1.13. The molecule has 0 saturated carbocycles. The van der Waals surface area contributed by atoms with Crippen molar-refractivity contribution in [2.75, 3.05) is 5.32 Å². The number of unbranched alkanes of at least 4 members (excludes halogenated alkanes) is 1. The summed E-state index contributed by atoms with van der Waals surface area (Å²) in [6, 6.07) is 11.9. The number of carbonyl (C=O) groups excluding carboxylic acids is 2. The zero-order valence-electron chi connectivity index (χ0n) is 16.7. The molecule has 1 amide bonds. The molecule has 0 aliphatic heterocycles. The maximum atomic E-state index is 13.0. The number of aryl methyl sites for hydroxylation is 1. The van der Waals surface area contributed by atoms with Gasteiger partial charge in [0.15, 0.2) is 11.8 Å². The molecule has 1 atom stereocenters. The second-order valence-corrected chi connectivity index (χ2v) is 6.82. The molecule has 8 heteroatoms. The van der Waals surface area contributed by atoms with Gasteiger partial charge in [-0.2, -0.15) is 5.10 Å². The Hall–Kier alpha value is -3.55. The summed E-state index contributed by atoms with van der Waals surface area (Å²) in [6.45, 7) is 3.79. The van der Waals surface area contributed by atoms with E-state index in [2.05, 4.69) is 10.4 Å². The monoisotopic (exact) mass is 411 g/mol. The van der Waals surface area contributed by atoms with Crippen molar-refractivity contribution >= 4 is 28.3 Å². The highest BCUT2D eigenvalue weighted by Gasteiger charge is 2.23. The summed E-state index contributed by atoms with van der Waals surface area (Å²) in [6.07, 6.45) is 0.469. The Morgan fingerprint density at radius 2 is 1.80 bits per heavy atom. The maximum absolute atomic E-state index is 13.0. The molecular weight excluding hydrogens is 389 g/mol. The second-order valence-electron chi connectivity index (χ2n) is 6.82. The van der Waals surface area contributed by atoms with E-state index in [1.807, 2.05) is 6.92 Å². The number of benzene rings is 2. The van der Waals surface area contributed by atoms with Gasteiger partial charge in [0.1, 0.15) is 5.82 Å². The quantitative estimate of drug-likeness (QED) is 0.601. The van der Waals surface area contributed by atoms with Gasteiger partial charge in [-0.1, -0.05) is 31.5 Å². The van der Waals surface area contributed by atoms with Gasteiger partial charge in [-0.3, -0.25) is 9.59 Å². The molecule has 0 unspecified atom stereocenters. The van der Waals surface area contributed by atoms with Crippen molar-refractivity contribution in [1.29, 1.82) is 0 Å². The first kappa shape index (κ1) is 21.2. The number of esters is 1. The van der Waals surface area contributed by atoms with Crippen molar-refractivity contribution in [3.05, 3.63) is 70.4 Å². The third-order valence-corrected chi connectivity index (χ3v) is 4.55. The minimum absolute atomic E-state index is 0.0252. The molecule has 2 aromatic carbocycles. The van der Waals surface area contributed by atoms with Crippen molar-refractivity contribution < 1.29 is 18.7 Å². The minimum Gasteiger partial charge on any atom is -0.448 e. The van der Waals surface area contributed by atoms with Crippen LogP contribution in [0, 0.1) is 5.82 Å². The normalized spacial score (nSPS) is 11.8. The fraction of sp³-hybridized carbons (Fsp3) is 0.273. The Labute approximate surface area is 172 Å². The summed E-state index contributed by atoms with van der Waals surface area (Å²) in [7, 11) is 0. The molecule has 1 N–H and O–H groups in total. The summed E-state index contributed by atoms with van der Waals surface area (Å²) in [4.78, 5) is 37.7. The molecule has 0 aliphatic carbocycles. The number of aromatic nitrogens is 2. The Morgan fingerprint density at radius 3 is 2.47 bits per heavy atom. The predicted octanol–water partition coefficient (Wildman–Crippen LogP) is 3.52. The summed E-state index contributed by atoms with van der Waals surface area (Å²) >= 11 is 0. The molecule has 30 heavy (non-hydrogen) atoms. The van der Waals surface area contributed by atoms with Gasteiger partial charge < -0.3 is 10.1 Å². The van der Waals surface area contributed by atoms with Crippen molar-refractivity contribution in [2.45, 2.75) is 39.3 Å². The average molecular weight is 411 g/mol. The Kier molecular flexibility index (Phi) is 6.56. The predicted molar refractivity (Wildman–Crippen MR) is 111 cm³/mol. The van der Waals surface area contributed by atoms with E-state index < -0.39 is 23.8 Å². The molecular formula is C22H22FN3O4. The van der Waals surface area contributed by atoms with E-state index in [0.29, 0.717) is 23.0 Å². The summed E-state index contributed by atoms with van der Waals surface area (Å²) < 4.78 is 19.5. The standard InChI is InChI=1S/C22H22FN3O4/c1-3-4-13-26-21(28)18-8-6-5-7-17(18)19(25-26)22(29)30-14(2)20(27)24-16-11-9-15(23)10-12-16/h5-12,14H,3-4,13H2,1-2H3,(H,24,27)/t14-/m0/s1. The van der Waals surface area contributed by atoms with Gasteiger partial charge in [0, 0.05) is 17.6 Å². The van der Waals surface area contributed by atoms with Crippen molar-refractivity contribution in [2.24, 2.45) is 0 Å². The lowest BCUT2D eigenvalue weighted by atomic mass is 10.1. The van der Waals surface area contributed by atoms with Crippen LogP contribution in [0.15, 0.2) is 53.3 Å². The van der Waals surface area contributed by atoms with Gasteiger partial charge in [0.05, 0.1) is 5.39 Å². The number of hydrogen-bond acceptors (Lipinski definition) is 5. The molecule has 3 rings (SSSR count). The number of anilines is 1. The molecule has 7 nitrogen and oxygen atoms in total. The molecule has 0 fully saturated rings. The lowest BCUT2D eigenvalue weighted by Gasteiger charge is -2.15. The molecule has 0 spiro atoms. The van der Waals surface area contributed by atoms with Crippen LogP contribution in [0.25, 0.3) is 10.8 Å². The van der Waals surface area contributed by atoms with Crippen molar-refractivity contribution in [3.8, 4) is 0 Å². The summed E-state index contributed by atoms with van der Waals surface area (Å²) in [5.74, 6) is -1.81. The van der Waals surface area contributed by atoms with Crippen LogP contribution in [0.1, 0.15) is 37.2 Å². The molecule has 0 saturated heterocycles. The number of fused-ring (bicyclic) bond motifs is 1. The number of nitrogens with zero attached hydrogens (tertiary/aromatic N) is 2.